The van der Waals surface area contributed by atoms with Gasteiger partial charge in [-0.1, -0.05) is 47.1 Å². The molecule has 3 aromatic rings. The van der Waals surface area contributed by atoms with Gasteiger partial charge in [0.1, 0.15) is 17.9 Å². The lowest BCUT2D eigenvalue weighted by molar-refractivity contribution is 0.0946. The number of aromatic nitrogens is 1. The normalized spacial score (nSPS) is 10.5. The minimum absolute atomic E-state index is 0.273. The van der Waals surface area contributed by atoms with Crippen molar-refractivity contribution >= 4 is 17.5 Å². The van der Waals surface area contributed by atoms with Crippen LogP contribution in [0.1, 0.15) is 16.1 Å². The van der Waals surface area contributed by atoms with Gasteiger partial charge in [0.25, 0.3) is 5.91 Å². The van der Waals surface area contributed by atoms with Crippen LogP contribution in [0, 0.1) is 6.92 Å². The lowest BCUT2D eigenvalue weighted by atomic mass is 10.1. The van der Waals surface area contributed by atoms with E-state index in [1.165, 1.54) is 0 Å². The van der Waals surface area contributed by atoms with E-state index in [-0.39, 0.29) is 5.91 Å². The van der Waals surface area contributed by atoms with E-state index >= 15 is 0 Å². The van der Waals surface area contributed by atoms with Crippen LogP contribution in [0.5, 0.6) is 5.75 Å². The first-order chi connectivity index (χ1) is 12.2. The fourth-order valence-electron chi connectivity index (χ4n) is 2.40. The maximum Gasteiger partial charge on any atom is 0.257 e. The third kappa shape index (κ3) is 4.00. The third-order valence-corrected chi connectivity index (χ3v) is 3.94. The number of aryl methyl sites for hydroxylation is 1. The Balaban J connectivity index is 1.66. The summed E-state index contributed by atoms with van der Waals surface area (Å²) in [5, 5.41) is 7.22. The molecule has 0 aliphatic rings. The molecule has 6 heteroatoms. The summed E-state index contributed by atoms with van der Waals surface area (Å²) >= 11 is 6.20. The second kappa shape index (κ2) is 7.85. The van der Waals surface area contributed by atoms with Crippen LogP contribution in [0.2, 0.25) is 5.02 Å². The molecule has 0 fully saturated rings. The van der Waals surface area contributed by atoms with Gasteiger partial charge in [0, 0.05) is 5.56 Å². The van der Waals surface area contributed by atoms with Crippen molar-refractivity contribution in [3.8, 4) is 17.1 Å². The Morgan fingerprint density at radius 3 is 2.64 bits per heavy atom. The predicted molar refractivity (Wildman–Crippen MR) is 96.0 cm³/mol. The third-order valence-electron chi connectivity index (χ3n) is 3.61. The average Bonchev–Trinajstić information content (AvgIpc) is 3.01. The van der Waals surface area contributed by atoms with E-state index in [1.807, 2.05) is 42.5 Å². The molecule has 0 spiro atoms. The van der Waals surface area contributed by atoms with E-state index in [0.29, 0.717) is 40.8 Å². The first-order valence-electron chi connectivity index (χ1n) is 7.84. The smallest absolute Gasteiger partial charge is 0.257 e. The van der Waals surface area contributed by atoms with E-state index in [9.17, 15) is 4.79 Å². The molecule has 0 atom stereocenters. The minimum Gasteiger partial charge on any atom is -0.492 e. The zero-order valence-corrected chi connectivity index (χ0v) is 14.4. The number of hydrogen-bond donors (Lipinski definition) is 1. The van der Waals surface area contributed by atoms with Crippen molar-refractivity contribution in [1.29, 1.82) is 0 Å². The van der Waals surface area contributed by atoms with Crippen molar-refractivity contribution in [2.24, 2.45) is 0 Å². The molecule has 0 saturated carbocycles. The van der Waals surface area contributed by atoms with Gasteiger partial charge in [-0.2, -0.15) is 0 Å². The number of rotatable bonds is 6. The molecular formula is C19H17ClN2O3. The van der Waals surface area contributed by atoms with Crippen molar-refractivity contribution in [3.05, 3.63) is 70.9 Å². The van der Waals surface area contributed by atoms with Crippen LogP contribution in [-0.2, 0) is 0 Å². The number of para-hydroxylation sites is 1. The van der Waals surface area contributed by atoms with E-state index in [1.54, 1.807) is 19.1 Å². The molecule has 25 heavy (non-hydrogen) atoms. The second-order valence-electron chi connectivity index (χ2n) is 5.37. The van der Waals surface area contributed by atoms with Crippen molar-refractivity contribution in [2.45, 2.75) is 6.92 Å². The van der Waals surface area contributed by atoms with Crippen molar-refractivity contribution < 1.29 is 14.1 Å². The van der Waals surface area contributed by atoms with Crippen LogP contribution >= 0.6 is 11.6 Å². The fourth-order valence-corrected chi connectivity index (χ4v) is 2.63. The maximum absolute atomic E-state index is 12.5. The van der Waals surface area contributed by atoms with Crippen LogP contribution in [0.15, 0.2) is 59.1 Å². The zero-order chi connectivity index (χ0) is 17.6. The summed E-state index contributed by atoms with van der Waals surface area (Å²) in [7, 11) is 0. The molecule has 1 N–H and O–H groups in total. The molecular weight excluding hydrogens is 340 g/mol. The SMILES string of the molecule is Cc1noc(-c2ccccc2Cl)c1C(=O)NCCOc1ccccc1. The molecule has 128 valence electrons. The first-order valence-corrected chi connectivity index (χ1v) is 8.22. The number of hydrogen-bond acceptors (Lipinski definition) is 4. The minimum atomic E-state index is -0.273. The monoisotopic (exact) mass is 356 g/mol. The molecule has 1 amide bonds. The Labute approximate surface area is 150 Å². The molecule has 0 bridgehead atoms. The summed E-state index contributed by atoms with van der Waals surface area (Å²) < 4.78 is 10.9. The number of carbonyl (C=O) groups excluding carboxylic acids is 1. The molecule has 1 heterocycles. The van der Waals surface area contributed by atoms with E-state index < -0.39 is 0 Å². The van der Waals surface area contributed by atoms with E-state index in [2.05, 4.69) is 10.5 Å². The Hall–Kier alpha value is -2.79. The van der Waals surface area contributed by atoms with Crippen molar-refractivity contribution in [2.75, 3.05) is 13.2 Å². The molecule has 1 aromatic heterocycles. The highest BCUT2D eigenvalue weighted by Gasteiger charge is 2.22. The van der Waals surface area contributed by atoms with Gasteiger partial charge in [-0.3, -0.25) is 4.79 Å². The Morgan fingerprint density at radius 1 is 1.16 bits per heavy atom. The summed E-state index contributed by atoms with van der Waals surface area (Å²) in [6, 6.07) is 16.6. The Bertz CT molecular complexity index is 862. The summed E-state index contributed by atoms with van der Waals surface area (Å²) in [5.41, 5.74) is 1.53. The molecule has 2 aromatic carbocycles. The summed E-state index contributed by atoms with van der Waals surface area (Å²) in [5.74, 6) is 0.851. The zero-order valence-electron chi connectivity index (χ0n) is 13.7. The number of nitrogens with one attached hydrogen (secondary N) is 1. The summed E-state index contributed by atoms with van der Waals surface area (Å²) in [4.78, 5) is 12.5. The number of amides is 1. The van der Waals surface area contributed by atoms with Gasteiger partial charge < -0.3 is 14.6 Å². The van der Waals surface area contributed by atoms with Gasteiger partial charge >= 0.3 is 0 Å². The highest BCUT2D eigenvalue weighted by Crippen LogP contribution is 2.31. The van der Waals surface area contributed by atoms with Gasteiger partial charge in [0.15, 0.2) is 5.76 Å². The van der Waals surface area contributed by atoms with Gasteiger partial charge in [-0.25, -0.2) is 0 Å². The maximum atomic E-state index is 12.5. The Morgan fingerprint density at radius 2 is 1.88 bits per heavy atom. The highest BCUT2D eigenvalue weighted by atomic mass is 35.5. The van der Waals surface area contributed by atoms with Crippen LogP contribution in [0.4, 0.5) is 0 Å². The largest absolute Gasteiger partial charge is 0.492 e. The standard InChI is InChI=1S/C19H17ClN2O3/c1-13-17(18(25-22-13)15-9-5-6-10-16(15)20)19(23)21-11-12-24-14-7-3-2-4-8-14/h2-10H,11-12H2,1H3,(H,21,23). The molecule has 0 aliphatic heterocycles. The van der Waals surface area contributed by atoms with Gasteiger partial charge in [-0.15, -0.1) is 0 Å². The number of carbonyl (C=O) groups is 1. The van der Waals surface area contributed by atoms with Crippen LogP contribution in [0.25, 0.3) is 11.3 Å². The molecule has 0 unspecified atom stereocenters. The van der Waals surface area contributed by atoms with Crippen LogP contribution in [-0.4, -0.2) is 24.2 Å². The summed E-state index contributed by atoms with van der Waals surface area (Å²) in [6.45, 7) is 2.45. The second-order valence-corrected chi connectivity index (χ2v) is 5.78. The number of ether oxygens (including phenoxy) is 1. The fraction of sp³-hybridized carbons (Fsp3) is 0.158. The summed E-state index contributed by atoms with van der Waals surface area (Å²) in [6.07, 6.45) is 0. The van der Waals surface area contributed by atoms with E-state index in [4.69, 9.17) is 20.9 Å². The lowest BCUT2D eigenvalue weighted by Gasteiger charge is -2.08. The number of halogens is 1. The van der Waals surface area contributed by atoms with Crippen molar-refractivity contribution in [3.63, 3.8) is 0 Å². The Kier molecular flexibility index (Phi) is 5.36. The molecule has 0 radical (unpaired) electrons. The van der Waals surface area contributed by atoms with E-state index in [0.717, 1.165) is 5.75 Å². The number of nitrogens with zero attached hydrogens (tertiary/aromatic N) is 1. The van der Waals surface area contributed by atoms with Gasteiger partial charge in [-0.05, 0) is 31.2 Å². The topological polar surface area (TPSA) is 64.4 Å². The predicted octanol–water partition coefficient (Wildman–Crippen LogP) is 4.11. The average molecular weight is 357 g/mol. The lowest BCUT2D eigenvalue weighted by Crippen LogP contribution is -2.28. The molecule has 0 saturated heterocycles. The quantitative estimate of drug-likeness (QED) is 0.675. The number of benzene rings is 2. The first kappa shape index (κ1) is 17.0. The molecule has 5 nitrogen and oxygen atoms in total. The molecule has 3 rings (SSSR count). The van der Waals surface area contributed by atoms with Crippen LogP contribution in [0.3, 0.4) is 0 Å². The van der Waals surface area contributed by atoms with Crippen molar-refractivity contribution in [1.82, 2.24) is 10.5 Å². The highest BCUT2D eigenvalue weighted by molar-refractivity contribution is 6.33. The molecule has 0 aliphatic carbocycles. The van der Waals surface area contributed by atoms with Crippen LogP contribution < -0.4 is 10.1 Å². The van der Waals surface area contributed by atoms with Gasteiger partial charge in [0.05, 0.1) is 17.3 Å². The van der Waals surface area contributed by atoms with Gasteiger partial charge in [0.2, 0.25) is 0 Å².